The molecule has 15 heavy (non-hydrogen) atoms. The maximum absolute atomic E-state index is 5.68. The molecule has 3 N–H and O–H groups in total. The van der Waals surface area contributed by atoms with Crippen molar-refractivity contribution in [2.45, 2.75) is 6.10 Å². The number of thiocarbonyl (C=S) groups is 1. The average molecular weight is 224 g/mol. The van der Waals surface area contributed by atoms with Gasteiger partial charge in [-0.3, -0.25) is 0 Å². The summed E-state index contributed by atoms with van der Waals surface area (Å²) in [5.74, 6) is 1.54. The van der Waals surface area contributed by atoms with Crippen LogP contribution >= 0.6 is 12.2 Å². The van der Waals surface area contributed by atoms with Gasteiger partial charge in [-0.05, 0) is 24.4 Å². The molecule has 1 unspecified atom stereocenters. The Kier molecular flexibility index (Phi) is 2.91. The molecule has 2 rings (SSSR count). The first-order chi connectivity index (χ1) is 7.25. The van der Waals surface area contributed by atoms with E-state index in [4.69, 9.17) is 27.4 Å². The van der Waals surface area contributed by atoms with Crippen molar-refractivity contribution in [3.63, 3.8) is 0 Å². The maximum Gasteiger partial charge on any atom is 0.163 e. The minimum Gasteiger partial charge on any atom is -0.486 e. The summed E-state index contributed by atoms with van der Waals surface area (Å²) in [4.78, 5) is 0. The molecule has 1 heterocycles. The Morgan fingerprint density at radius 2 is 2.20 bits per heavy atom. The topological polar surface area (TPSA) is 56.5 Å². The van der Waals surface area contributed by atoms with Crippen LogP contribution in [-0.4, -0.2) is 24.4 Å². The third-order valence-electron chi connectivity index (χ3n) is 2.07. The minimum absolute atomic E-state index is 0.0543. The highest BCUT2D eigenvalue weighted by Gasteiger charge is 2.19. The van der Waals surface area contributed by atoms with E-state index in [2.05, 4.69) is 5.32 Å². The molecular formula is C10H12N2O2S. The monoisotopic (exact) mass is 224 g/mol. The number of hydrogen-bond acceptors (Lipinski definition) is 3. The van der Waals surface area contributed by atoms with Crippen molar-refractivity contribution in [3.8, 4) is 11.5 Å². The quantitative estimate of drug-likeness (QED) is 0.723. The second-order valence-corrected chi connectivity index (χ2v) is 3.68. The second kappa shape index (κ2) is 4.35. The molecule has 0 amide bonds. The van der Waals surface area contributed by atoms with Crippen molar-refractivity contribution in [1.29, 1.82) is 0 Å². The van der Waals surface area contributed by atoms with Gasteiger partial charge in [-0.25, -0.2) is 0 Å². The lowest BCUT2D eigenvalue weighted by Crippen LogP contribution is -2.42. The van der Waals surface area contributed by atoms with Crippen molar-refractivity contribution in [2.75, 3.05) is 13.2 Å². The molecule has 5 heteroatoms. The third kappa shape index (κ3) is 2.50. The van der Waals surface area contributed by atoms with E-state index >= 15 is 0 Å². The molecule has 4 nitrogen and oxygen atoms in total. The molecule has 1 atom stereocenters. The Hall–Kier alpha value is -1.49. The fourth-order valence-electron chi connectivity index (χ4n) is 1.38. The molecule has 0 aromatic heterocycles. The fourth-order valence-corrected chi connectivity index (χ4v) is 1.46. The standard InChI is InChI=1S/C10H12N2O2S/c11-10(15)12-5-7-6-13-8-3-1-2-4-9(8)14-7/h1-4,7H,5-6H2,(H3,11,12,15). The van der Waals surface area contributed by atoms with Crippen LogP contribution in [0.15, 0.2) is 24.3 Å². The van der Waals surface area contributed by atoms with Crippen LogP contribution in [0.25, 0.3) is 0 Å². The number of rotatable bonds is 2. The van der Waals surface area contributed by atoms with Crippen LogP contribution in [0.2, 0.25) is 0 Å². The molecule has 0 saturated carbocycles. The zero-order chi connectivity index (χ0) is 10.7. The summed E-state index contributed by atoms with van der Waals surface area (Å²) in [7, 11) is 0. The van der Waals surface area contributed by atoms with Gasteiger partial charge in [0, 0.05) is 0 Å². The Labute approximate surface area is 93.4 Å². The number of nitrogens with two attached hydrogens (primary N) is 1. The number of para-hydroxylation sites is 2. The number of fused-ring (bicyclic) bond motifs is 1. The van der Waals surface area contributed by atoms with E-state index < -0.39 is 0 Å². The van der Waals surface area contributed by atoms with E-state index in [1.54, 1.807) is 0 Å². The molecule has 1 aliphatic rings. The number of hydrogen-bond donors (Lipinski definition) is 2. The molecule has 0 bridgehead atoms. The Morgan fingerprint density at radius 1 is 1.47 bits per heavy atom. The lowest BCUT2D eigenvalue weighted by atomic mass is 10.2. The van der Waals surface area contributed by atoms with E-state index in [9.17, 15) is 0 Å². The summed E-state index contributed by atoms with van der Waals surface area (Å²) in [6.45, 7) is 1.07. The molecule has 1 aromatic rings. The third-order valence-corrected chi connectivity index (χ3v) is 2.22. The van der Waals surface area contributed by atoms with Crippen molar-refractivity contribution in [2.24, 2.45) is 5.73 Å². The smallest absolute Gasteiger partial charge is 0.163 e. The van der Waals surface area contributed by atoms with E-state index in [1.807, 2.05) is 24.3 Å². The Balaban J connectivity index is 1.96. The highest BCUT2D eigenvalue weighted by Crippen LogP contribution is 2.30. The van der Waals surface area contributed by atoms with Crippen molar-refractivity contribution in [1.82, 2.24) is 5.32 Å². The molecule has 0 saturated heterocycles. The summed E-state index contributed by atoms with van der Waals surface area (Å²) in [6.07, 6.45) is -0.0543. The molecule has 1 aromatic carbocycles. The van der Waals surface area contributed by atoms with Crippen molar-refractivity contribution in [3.05, 3.63) is 24.3 Å². The zero-order valence-corrected chi connectivity index (χ0v) is 8.92. The average Bonchev–Trinajstić information content (AvgIpc) is 2.26. The molecule has 0 radical (unpaired) electrons. The van der Waals surface area contributed by atoms with Gasteiger partial charge in [-0.15, -0.1) is 0 Å². The van der Waals surface area contributed by atoms with Gasteiger partial charge < -0.3 is 20.5 Å². The predicted molar refractivity (Wildman–Crippen MR) is 61.1 cm³/mol. The molecule has 1 aliphatic heterocycles. The molecular weight excluding hydrogens is 212 g/mol. The van der Waals surface area contributed by atoms with Gasteiger partial charge in [0.25, 0.3) is 0 Å². The van der Waals surface area contributed by atoms with E-state index in [1.165, 1.54) is 0 Å². The molecule has 0 aliphatic carbocycles. The SMILES string of the molecule is NC(=S)NCC1COc2ccccc2O1. The van der Waals surface area contributed by atoms with E-state index in [0.29, 0.717) is 13.2 Å². The number of ether oxygens (including phenoxy) is 2. The van der Waals surface area contributed by atoms with Crippen LogP contribution < -0.4 is 20.5 Å². The number of nitrogens with one attached hydrogen (secondary N) is 1. The van der Waals surface area contributed by atoms with Gasteiger partial charge in [0.2, 0.25) is 0 Å². The van der Waals surface area contributed by atoms with Gasteiger partial charge in [-0.2, -0.15) is 0 Å². The first kappa shape index (κ1) is 10.0. The first-order valence-electron chi connectivity index (χ1n) is 4.67. The fraction of sp³-hybridized carbons (Fsp3) is 0.300. The van der Waals surface area contributed by atoms with Gasteiger partial charge in [0.1, 0.15) is 12.7 Å². The molecule has 0 fully saturated rings. The van der Waals surface area contributed by atoms with Crippen LogP contribution in [0.5, 0.6) is 11.5 Å². The van der Waals surface area contributed by atoms with Crippen LogP contribution in [0, 0.1) is 0 Å². The number of benzene rings is 1. The lowest BCUT2D eigenvalue weighted by Gasteiger charge is -2.26. The van der Waals surface area contributed by atoms with Crippen molar-refractivity contribution >= 4 is 17.3 Å². The molecule has 80 valence electrons. The van der Waals surface area contributed by atoms with E-state index in [-0.39, 0.29) is 11.2 Å². The van der Waals surface area contributed by atoms with Gasteiger partial charge >= 0.3 is 0 Å². The van der Waals surface area contributed by atoms with Crippen LogP contribution in [0.4, 0.5) is 0 Å². The lowest BCUT2D eigenvalue weighted by molar-refractivity contribution is 0.0938. The van der Waals surface area contributed by atoms with Crippen LogP contribution in [-0.2, 0) is 0 Å². The maximum atomic E-state index is 5.68. The highest BCUT2D eigenvalue weighted by atomic mass is 32.1. The summed E-state index contributed by atoms with van der Waals surface area (Å²) < 4.78 is 11.2. The summed E-state index contributed by atoms with van der Waals surface area (Å²) in [5, 5.41) is 3.13. The highest BCUT2D eigenvalue weighted by molar-refractivity contribution is 7.80. The summed E-state index contributed by atoms with van der Waals surface area (Å²) in [5.41, 5.74) is 5.33. The molecule has 0 spiro atoms. The first-order valence-corrected chi connectivity index (χ1v) is 5.08. The van der Waals surface area contributed by atoms with Gasteiger partial charge in [0.15, 0.2) is 16.6 Å². The Bertz CT molecular complexity index is 370. The second-order valence-electron chi connectivity index (χ2n) is 3.24. The predicted octanol–water partition coefficient (Wildman–Crippen LogP) is 0.660. The zero-order valence-electron chi connectivity index (χ0n) is 8.10. The van der Waals surface area contributed by atoms with Crippen molar-refractivity contribution < 1.29 is 9.47 Å². The Morgan fingerprint density at radius 3 is 2.93 bits per heavy atom. The van der Waals surface area contributed by atoms with Gasteiger partial charge in [-0.1, -0.05) is 12.1 Å². The van der Waals surface area contributed by atoms with Crippen LogP contribution in [0.3, 0.4) is 0 Å². The normalized spacial score (nSPS) is 18.3. The minimum atomic E-state index is -0.0543. The largest absolute Gasteiger partial charge is 0.486 e. The summed E-state index contributed by atoms with van der Waals surface area (Å²) >= 11 is 4.71. The van der Waals surface area contributed by atoms with E-state index in [0.717, 1.165) is 11.5 Å². The van der Waals surface area contributed by atoms with Crippen LogP contribution in [0.1, 0.15) is 0 Å². The summed E-state index contributed by atoms with van der Waals surface area (Å²) in [6, 6.07) is 7.58. The van der Waals surface area contributed by atoms with Gasteiger partial charge in [0.05, 0.1) is 6.54 Å².